The van der Waals surface area contributed by atoms with Gasteiger partial charge in [0.05, 0.1) is 29.4 Å². The third-order valence-corrected chi connectivity index (χ3v) is 9.22. The minimum Gasteiger partial charge on any atom is -0.481 e. The molecule has 1 aliphatic heterocycles. The van der Waals surface area contributed by atoms with Crippen molar-refractivity contribution in [3.05, 3.63) is 102 Å². The van der Waals surface area contributed by atoms with E-state index in [1.54, 1.807) is 12.1 Å². The summed E-state index contributed by atoms with van der Waals surface area (Å²) >= 11 is 0. The highest BCUT2D eigenvalue weighted by atomic mass is 19.1. The molecule has 0 unspecified atom stereocenters. The topological polar surface area (TPSA) is 89.8 Å². The molecule has 0 aliphatic carbocycles. The summed E-state index contributed by atoms with van der Waals surface area (Å²) in [6.07, 6.45) is 0.436. The number of nitrogens with zero attached hydrogens (tertiary/aromatic N) is 1. The molecular formula is C40H47FN2O5. The second-order valence-corrected chi connectivity index (χ2v) is 14.5. The van der Waals surface area contributed by atoms with E-state index in [2.05, 4.69) is 23.7 Å². The van der Waals surface area contributed by atoms with Gasteiger partial charge in [0, 0.05) is 29.9 Å². The maximum atomic E-state index is 14.4. The zero-order valence-corrected chi connectivity index (χ0v) is 29.0. The first-order chi connectivity index (χ1) is 22.6. The van der Waals surface area contributed by atoms with Gasteiger partial charge in [-0.15, -0.1) is 0 Å². The van der Waals surface area contributed by atoms with E-state index in [1.165, 1.54) is 12.1 Å². The number of aromatic nitrogens is 1. The van der Waals surface area contributed by atoms with Crippen molar-refractivity contribution >= 4 is 17.6 Å². The number of carboxylic acids is 1. The number of hydrogen-bond acceptors (Lipinski definition) is 4. The number of hydrogen-bond donors (Lipinski definition) is 2. The Morgan fingerprint density at radius 3 is 2.12 bits per heavy atom. The fraction of sp³-hybridized carbons (Fsp3) is 0.400. The highest BCUT2D eigenvalue weighted by molar-refractivity contribution is 6.12. The zero-order valence-electron chi connectivity index (χ0n) is 29.0. The molecule has 0 bridgehead atoms. The molecular weight excluding hydrogens is 607 g/mol. The van der Waals surface area contributed by atoms with Crippen LogP contribution in [0.5, 0.6) is 0 Å². The number of nitrogens with one attached hydrogen (secondary N) is 1. The molecule has 0 radical (unpaired) electrons. The second-order valence-electron chi connectivity index (χ2n) is 14.5. The lowest BCUT2D eigenvalue weighted by atomic mass is 9.70. The van der Waals surface area contributed by atoms with E-state index < -0.39 is 22.8 Å². The number of anilines is 1. The molecule has 3 aromatic carbocycles. The van der Waals surface area contributed by atoms with E-state index in [0.717, 1.165) is 28.1 Å². The number of carbonyl (C=O) groups is 2. The fourth-order valence-corrected chi connectivity index (χ4v) is 7.07. The highest BCUT2D eigenvalue weighted by Crippen LogP contribution is 2.49. The first-order valence-electron chi connectivity index (χ1n) is 16.6. The zero-order chi connectivity index (χ0) is 34.9. The van der Waals surface area contributed by atoms with Crippen LogP contribution in [0.3, 0.4) is 0 Å². The molecule has 4 aromatic rings. The minimum absolute atomic E-state index is 0.0640. The third kappa shape index (κ3) is 7.40. The number of halogens is 1. The van der Waals surface area contributed by atoms with E-state index in [1.807, 2.05) is 95.3 Å². The Labute approximate surface area is 283 Å². The first kappa shape index (κ1) is 35.0. The molecule has 8 heteroatoms. The van der Waals surface area contributed by atoms with Crippen molar-refractivity contribution in [2.24, 2.45) is 5.41 Å². The molecule has 2 N–H and O–H groups in total. The molecule has 1 aliphatic rings. The van der Waals surface area contributed by atoms with E-state index in [-0.39, 0.29) is 30.2 Å². The Hall–Kier alpha value is -4.27. The SMILES string of the molecule is CC(C)c1c(C(=O)Nc2ccccc2)c(-c2ccccc2)c(-c2ccc(F)cc2)n1CC[C@@H]1C[C@@](CC(=O)O)(C(C)(C)C)OC(C)(C)O1. The van der Waals surface area contributed by atoms with E-state index in [4.69, 9.17) is 9.47 Å². The maximum absolute atomic E-state index is 14.4. The monoisotopic (exact) mass is 654 g/mol. The van der Waals surface area contributed by atoms with E-state index in [9.17, 15) is 19.1 Å². The quantitative estimate of drug-likeness (QED) is 0.178. The summed E-state index contributed by atoms with van der Waals surface area (Å²) in [4.78, 5) is 26.5. The standard InChI is InChI=1S/C40H47FN2O5/c1-26(2)35-34(37(46)42-30-16-12-9-13-17-30)33(27-14-10-8-11-15-27)36(28-18-20-29(41)21-19-28)43(35)23-22-31-24-40(25-32(44)45,38(3,4)5)48-39(6,7)47-31/h8-21,26,31H,22-25H2,1-7H3,(H,42,46)(H,44,45)/t31-,40-/m1/s1. The van der Waals surface area contributed by atoms with Crippen molar-refractivity contribution in [3.63, 3.8) is 0 Å². The van der Waals surface area contributed by atoms with Gasteiger partial charge in [0.25, 0.3) is 5.91 Å². The summed E-state index contributed by atoms with van der Waals surface area (Å²) in [5.41, 5.74) is 3.86. The number of aliphatic carboxylic acids is 1. The van der Waals surface area contributed by atoms with Crippen LogP contribution in [0.15, 0.2) is 84.9 Å². The summed E-state index contributed by atoms with van der Waals surface area (Å²) in [5, 5.41) is 13.1. The Morgan fingerprint density at radius 1 is 0.958 bits per heavy atom. The first-order valence-corrected chi connectivity index (χ1v) is 16.6. The Balaban J connectivity index is 1.68. The van der Waals surface area contributed by atoms with Crippen LogP contribution in [0.2, 0.25) is 0 Å². The van der Waals surface area contributed by atoms with Crippen LogP contribution in [0.25, 0.3) is 22.4 Å². The highest BCUT2D eigenvalue weighted by Gasteiger charge is 2.53. The summed E-state index contributed by atoms with van der Waals surface area (Å²) in [6.45, 7) is 14.3. The molecule has 2 heterocycles. The average molecular weight is 655 g/mol. The van der Waals surface area contributed by atoms with Gasteiger partial charge in [-0.25, -0.2) is 4.39 Å². The number of rotatable bonds is 10. The fourth-order valence-electron chi connectivity index (χ4n) is 7.07. The normalized spacial score (nSPS) is 19.3. The van der Waals surface area contributed by atoms with Gasteiger partial charge in [-0.05, 0) is 79.1 Å². The van der Waals surface area contributed by atoms with Gasteiger partial charge < -0.3 is 24.5 Å². The van der Waals surface area contributed by atoms with Gasteiger partial charge in [-0.1, -0.05) is 83.1 Å². The number of para-hydroxylation sites is 1. The number of carboxylic acid groups (broad SMARTS) is 1. The van der Waals surface area contributed by atoms with Crippen LogP contribution in [-0.2, 0) is 20.8 Å². The molecule has 7 nitrogen and oxygen atoms in total. The molecule has 5 rings (SSSR count). The molecule has 1 fully saturated rings. The third-order valence-electron chi connectivity index (χ3n) is 9.22. The summed E-state index contributed by atoms with van der Waals surface area (Å²) in [5.74, 6) is -2.58. The Bertz CT molecular complexity index is 1740. The van der Waals surface area contributed by atoms with Gasteiger partial charge >= 0.3 is 5.97 Å². The number of ether oxygens (including phenoxy) is 2. The summed E-state index contributed by atoms with van der Waals surface area (Å²) < 4.78 is 29.4. The maximum Gasteiger partial charge on any atom is 0.306 e. The van der Waals surface area contributed by atoms with Crippen molar-refractivity contribution in [2.45, 2.75) is 97.7 Å². The molecule has 2 atom stereocenters. The van der Waals surface area contributed by atoms with Gasteiger partial charge in [-0.2, -0.15) is 0 Å². The molecule has 0 saturated carbocycles. The van der Waals surface area contributed by atoms with Crippen molar-refractivity contribution < 1.29 is 28.6 Å². The van der Waals surface area contributed by atoms with Crippen LogP contribution in [0.4, 0.5) is 10.1 Å². The predicted molar refractivity (Wildman–Crippen MR) is 187 cm³/mol. The van der Waals surface area contributed by atoms with E-state index >= 15 is 0 Å². The second kappa shape index (κ2) is 13.7. The van der Waals surface area contributed by atoms with Crippen LogP contribution >= 0.6 is 0 Å². The smallest absolute Gasteiger partial charge is 0.306 e. The number of carbonyl (C=O) groups excluding carboxylic acids is 1. The predicted octanol–water partition coefficient (Wildman–Crippen LogP) is 9.53. The van der Waals surface area contributed by atoms with Crippen molar-refractivity contribution in [3.8, 4) is 22.4 Å². The van der Waals surface area contributed by atoms with Crippen LogP contribution < -0.4 is 5.32 Å². The van der Waals surface area contributed by atoms with Gasteiger partial charge in [0.1, 0.15) is 5.82 Å². The van der Waals surface area contributed by atoms with Crippen molar-refractivity contribution in [2.75, 3.05) is 5.32 Å². The number of benzene rings is 3. The van der Waals surface area contributed by atoms with Crippen LogP contribution in [0.1, 0.15) is 89.7 Å². The Kier molecular flexibility index (Phi) is 9.99. The molecule has 0 spiro atoms. The van der Waals surface area contributed by atoms with Crippen LogP contribution in [-0.4, -0.2) is 39.0 Å². The molecule has 48 heavy (non-hydrogen) atoms. The lowest BCUT2D eigenvalue weighted by Crippen LogP contribution is -2.59. The van der Waals surface area contributed by atoms with Gasteiger partial charge in [-0.3, -0.25) is 9.59 Å². The molecule has 254 valence electrons. The van der Waals surface area contributed by atoms with E-state index in [0.29, 0.717) is 30.6 Å². The summed E-state index contributed by atoms with van der Waals surface area (Å²) in [6, 6.07) is 25.6. The molecule has 1 amide bonds. The lowest BCUT2D eigenvalue weighted by Gasteiger charge is -2.54. The number of amides is 1. The minimum atomic E-state index is -1.01. The van der Waals surface area contributed by atoms with Crippen molar-refractivity contribution in [1.82, 2.24) is 4.57 Å². The van der Waals surface area contributed by atoms with Gasteiger partial charge in [0.2, 0.25) is 0 Å². The largest absolute Gasteiger partial charge is 0.481 e. The van der Waals surface area contributed by atoms with Crippen molar-refractivity contribution in [1.29, 1.82) is 0 Å². The van der Waals surface area contributed by atoms with Crippen LogP contribution in [0, 0.1) is 11.2 Å². The Morgan fingerprint density at radius 2 is 1.56 bits per heavy atom. The average Bonchev–Trinajstić information content (AvgIpc) is 3.35. The molecule has 1 aromatic heterocycles. The molecule has 1 saturated heterocycles. The lowest BCUT2D eigenvalue weighted by molar-refractivity contribution is -0.355. The summed E-state index contributed by atoms with van der Waals surface area (Å²) in [7, 11) is 0. The van der Waals surface area contributed by atoms with Gasteiger partial charge in [0.15, 0.2) is 5.79 Å².